The van der Waals surface area contributed by atoms with Crippen molar-refractivity contribution >= 4 is 15.5 Å². The van der Waals surface area contributed by atoms with Crippen LogP contribution in [-0.4, -0.2) is 32.5 Å². The van der Waals surface area contributed by atoms with Crippen LogP contribution in [0.15, 0.2) is 24.3 Å². The second-order valence-corrected chi connectivity index (χ2v) is 7.49. The van der Waals surface area contributed by atoms with Gasteiger partial charge in [0.25, 0.3) is 0 Å². The molecule has 0 bridgehead atoms. The van der Waals surface area contributed by atoms with Crippen molar-refractivity contribution in [1.29, 1.82) is 0 Å². The number of anilines is 1. The molecule has 2 atom stereocenters. The van der Waals surface area contributed by atoms with Crippen LogP contribution in [0.25, 0.3) is 0 Å². The van der Waals surface area contributed by atoms with E-state index in [0.29, 0.717) is 6.54 Å². The second kappa shape index (κ2) is 5.51. The van der Waals surface area contributed by atoms with Crippen molar-refractivity contribution < 1.29 is 8.42 Å². The van der Waals surface area contributed by atoms with E-state index < -0.39 is 9.84 Å². The molecule has 1 aliphatic rings. The maximum absolute atomic E-state index is 11.6. The number of benzene rings is 1. The van der Waals surface area contributed by atoms with Crippen molar-refractivity contribution in [2.24, 2.45) is 5.73 Å². The molecular weight excluding hydrogens is 260 g/mol. The molecule has 1 unspecified atom stereocenters. The Bertz CT molecular complexity index is 525. The average molecular weight is 282 g/mol. The van der Waals surface area contributed by atoms with Gasteiger partial charge in [-0.3, -0.25) is 0 Å². The van der Waals surface area contributed by atoms with E-state index in [4.69, 9.17) is 5.73 Å². The second-order valence-electron chi connectivity index (χ2n) is 5.26. The zero-order valence-corrected chi connectivity index (χ0v) is 12.4. The van der Waals surface area contributed by atoms with E-state index in [-0.39, 0.29) is 23.6 Å². The molecular formula is C14H22N2O2S. The number of rotatable bonds is 3. The van der Waals surface area contributed by atoms with E-state index in [1.165, 1.54) is 0 Å². The maximum atomic E-state index is 11.6. The number of hydrogen-bond acceptors (Lipinski definition) is 4. The SMILES string of the molecule is CC[C@H](N)c1ccc(N2CCS(=O)(=O)CC2C)cc1. The van der Waals surface area contributed by atoms with Crippen LogP contribution in [0, 0.1) is 0 Å². The third-order valence-electron chi connectivity index (χ3n) is 3.76. The fourth-order valence-electron chi connectivity index (χ4n) is 2.53. The maximum Gasteiger partial charge on any atom is 0.154 e. The number of hydrogen-bond donors (Lipinski definition) is 1. The fourth-order valence-corrected chi connectivity index (χ4v) is 4.09. The largest absolute Gasteiger partial charge is 0.367 e. The van der Waals surface area contributed by atoms with Crippen molar-refractivity contribution in [3.8, 4) is 0 Å². The first-order chi connectivity index (χ1) is 8.93. The lowest BCUT2D eigenvalue weighted by atomic mass is 10.0. The molecule has 0 amide bonds. The summed E-state index contributed by atoms with van der Waals surface area (Å²) in [6.07, 6.45) is 0.914. The van der Waals surface area contributed by atoms with Crippen LogP contribution in [0.3, 0.4) is 0 Å². The van der Waals surface area contributed by atoms with Gasteiger partial charge in [-0.25, -0.2) is 8.42 Å². The Kier molecular flexibility index (Phi) is 4.16. The summed E-state index contributed by atoms with van der Waals surface area (Å²) >= 11 is 0. The Morgan fingerprint density at radius 3 is 2.53 bits per heavy atom. The van der Waals surface area contributed by atoms with Gasteiger partial charge in [-0.05, 0) is 31.0 Å². The van der Waals surface area contributed by atoms with E-state index in [1.54, 1.807) is 0 Å². The minimum Gasteiger partial charge on any atom is -0.367 e. The number of nitrogens with two attached hydrogens (primary N) is 1. The first kappa shape index (κ1) is 14.3. The molecule has 1 heterocycles. The minimum atomic E-state index is -2.86. The van der Waals surface area contributed by atoms with Gasteiger partial charge < -0.3 is 10.6 Å². The summed E-state index contributed by atoms with van der Waals surface area (Å²) in [5.41, 5.74) is 8.20. The molecule has 0 saturated carbocycles. The molecule has 0 aliphatic carbocycles. The van der Waals surface area contributed by atoms with Crippen LogP contribution in [0.4, 0.5) is 5.69 Å². The predicted octanol–water partition coefficient (Wildman–Crippen LogP) is 1.72. The predicted molar refractivity (Wildman–Crippen MR) is 79.1 cm³/mol. The Hall–Kier alpha value is -1.07. The van der Waals surface area contributed by atoms with E-state index in [9.17, 15) is 8.42 Å². The summed E-state index contributed by atoms with van der Waals surface area (Å²) in [5, 5.41) is 0. The standard InChI is InChI=1S/C14H22N2O2S/c1-3-14(15)12-4-6-13(7-5-12)16-8-9-19(17,18)10-11(16)2/h4-7,11,14H,3,8-10,15H2,1-2H3/t11?,14-/m0/s1. The fraction of sp³-hybridized carbons (Fsp3) is 0.571. The Balaban J connectivity index is 2.15. The van der Waals surface area contributed by atoms with Crippen molar-refractivity contribution in [3.63, 3.8) is 0 Å². The average Bonchev–Trinajstić information content (AvgIpc) is 2.37. The van der Waals surface area contributed by atoms with E-state index in [0.717, 1.165) is 17.7 Å². The molecule has 19 heavy (non-hydrogen) atoms. The third kappa shape index (κ3) is 3.28. The van der Waals surface area contributed by atoms with Crippen LogP contribution in [-0.2, 0) is 9.84 Å². The zero-order valence-electron chi connectivity index (χ0n) is 11.5. The summed E-state index contributed by atoms with van der Waals surface area (Å²) in [7, 11) is -2.86. The van der Waals surface area contributed by atoms with Crippen LogP contribution in [0.1, 0.15) is 31.9 Å². The monoisotopic (exact) mass is 282 g/mol. The molecule has 106 valence electrons. The van der Waals surface area contributed by atoms with Gasteiger partial charge in [0.05, 0.1) is 11.5 Å². The Morgan fingerprint density at radius 1 is 1.37 bits per heavy atom. The van der Waals surface area contributed by atoms with Gasteiger partial charge >= 0.3 is 0 Å². The first-order valence-electron chi connectivity index (χ1n) is 6.75. The van der Waals surface area contributed by atoms with Crippen LogP contribution in [0.2, 0.25) is 0 Å². The summed E-state index contributed by atoms with van der Waals surface area (Å²) in [6.45, 7) is 4.60. The van der Waals surface area contributed by atoms with Gasteiger partial charge in [0, 0.05) is 24.3 Å². The molecule has 1 saturated heterocycles. The molecule has 2 rings (SSSR count). The lowest BCUT2D eigenvalue weighted by Gasteiger charge is -2.35. The van der Waals surface area contributed by atoms with Crippen LogP contribution in [0.5, 0.6) is 0 Å². The van der Waals surface area contributed by atoms with E-state index >= 15 is 0 Å². The molecule has 2 N–H and O–H groups in total. The topological polar surface area (TPSA) is 63.4 Å². The highest BCUT2D eigenvalue weighted by molar-refractivity contribution is 7.91. The van der Waals surface area contributed by atoms with E-state index in [1.807, 2.05) is 31.2 Å². The molecule has 0 aromatic heterocycles. The summed E-state index contributed by atoms with van der Waals surface area (Å²) in [4.78, 5) is 2.16. The van der Waals surface area contributed by atoms with Crippen molar-refractivity contribution in [2.45, 2.75) is 32.4 Å². The first-order valence-corrected chi connectivity index (χ1v) is 8.57. The lowest BCUT2D eigenvalue weighted by molar-refractivity contribution is 0.568. The highest BCUT2D eigenvalue weighted by atomic mass is 32.2. The Labute approximate surface area is 115 Å². The number of sulfone groups is 1. The lowest BCUT2D eigenvalue weighted by Crippen LogP contribution is -2.47. The van der Waals surface area contributed by atoms with Gasteiger partial charge in [0.1, 0.15) is 0 Å². The molecule has 4 nitrogen and oxygen atoms in total. The molecule has 1 aromatic carbocycles. The smallest absolute Gasteiger partial charge is 0.154 e. The van der Waals surface area contributed by atoms with Crippen molar-refractivity contribution in [3.05, 3.63) is 29.8 Å². The molecule has 1 fully saturated rings. The summed E-state index contributed by atoms with van der Waals surface area (Å²) < 4.78 is 23.2. The highest BCUT2D eigenvalue weighted by Crippen LogP contribution is 2.24. The minimum absolute atomic E-state index is 0.0319. The van der Waals surface area contributed by atoms with Gasteiger partial charge in [-0.2, -0.15) is 0 Å². The molecule has 1 aliphatic heterocycles. The van der Waals surface area contributed by atoms with Crippen molar-refractivity contribution in [2.75, 3.05) is 23.0 Å². The summed E-state index contributed by atoms with van der Waals surface area (Å²) in [6, 6.07) is 8.27. The normalized spacial score (nSPS) is 24.2. The van der Waals surface area contributed by atoms with Crippen LogP contribution < -0.4 is 10.6 Å². The molecule has 0 spiro atoms. The van der Waals surface area contributed by atoms with E-state index in [2.05, 4.69) is 11.8 Å². The zero-order chi connectivity index (χ0) is 14.0. The number of nitrogens with zero attached hydrogens (tertiary/aromatic N) is 1. The Morgan fingerprint density at radius 2 is 2.00 bits per heavy atom. The van der Waals surface area contributed by atoms with Crippen LogP contribution >= 0.6 is 0 Å². The van der Waals surface area contributed by atoms with Gasteiger partial charge in [0.2, 0.25) is 0 Å². The van der Waals surface area contributed by atoms with Gasteiger partial charge in [0.15, 0.2) is 9.84 Å². The van der Waals surface area contributed by atoms with Crippen molar-refractivity contribution in [1.82, 2.24) is 0 Å². The molecule has 5 heteroatoms. The quantitative estimate of drug-likeness (QED) is 0.917. The third-order valence-corrected chi connectivity index (χ3v) is 5.56. The molecule has 0 radical (unpaired) electrons. The summed E-state index contributed by atoms with van der Waals surface area (Å²) in [5.74, 6) is 0.483. The van der Waals surface area contributed by atoms with Gasteiger partial charge in [-0.15, -0.1) is 0 Å². The molecule has 1 aromatic rings. The highest BCUT2D eigenvalue weighted by Gasteiger charge is 2.28. The van der Waals surface area contributed by atoms with Gasteiger partial charge in [-0.1, -0.05) is 19.1 Å².